The molecule has 0 bridgehead atoms. The Labute approximate surface area is 219 Å². The molecule has 2 N–H and O–H groups in total. The van der Waals surface area contributed by atoms with Gasteiger partial charge in [-0.15, -0.1) is 5.10 Å². The molecule has 17 heteroatoms. The number of hydrogen-bond acceptors (Lipinski definition) is 8. The SMILES string of the molecule is CCn1nnc2c1C(COCCN(C)C)CN(Cc1ccc(C)o1)C2.O=C(O)C(F)(F)F.O=C(O)C(F)(F)F. The second-order valence-electron chi connectivity index (χ2n) is 8.60. The number of likely N-dealkylation sites (N-methyl/N-ethyl adjacent to an activating group) is 1. The zero-order valence-corrected chi connectivity index (χ0v) is 21.7. The van der Waals surface area contributed by atoms with Crippen LogP contribution in [0.4, 0.5) is 26.3 Å². The average Bonchev–Trinajstić information content (AvgIpc) is 3.41. The number of aromatic nitrogens is 3. The van der Waals surface area contributed by atoms with Crippen molar-refractivity contribution < 1.29 is 55.3 Å². The molecule has 0 aromatic carbocycles. The van der Waals surface area contributed by atoms with Gasteiger partial charge in [0.15, 0.2) is 0 Å². The fourth-order valence-corrected chi connectivity index (χ4v) is 3.34. The summed E-state index contributed by atoms with van der Waals surface area (Å²) in [5, 5.41) is 23.0. The summed E-state index contributed by atoms with van der Waals surface area (Å²) in [6.07, 6.45) is -10.2. The van der Waals surface area contributed by atoms with Crippen LogP contribution in [0.1, 0.15) is 35.7 Å². The second-order valence-corrected chi connectivity index (χ2v) is 8.60. The lowest BCUT2D eigenvalue weighted by molar-refractivity contribution is -0.193. The highest BCUT2D eigenvalue weighted by molar-refractivity contribution is 5.73. The number of ether oxygens (including phenoxy) is 1. The zero-order valence-electron chi connectivity index (χ0n) is 21.7. The summed E-state index contributed by atoms with van der Waals surface area (Å²) < 4.78 is 77.2. The van der Waals surface area contributed by atoms with Gasteiger partial charge in [0.1, 0.15) is 17.2 Å². The van der Waals surface area contributed by atoms with Gasteiger partial charge < -0.3 is 24.3 Å². The highest BCUT2D eigenvalue weighted by Gasteiger charge is 2.39. The van der Waals surface area contributed by atoms with Crippen molar-refractivity contribution in [2.45, 2.75) is 51.8 Å². The Morgan fingerprint density at radius 2 is 1.69 bits per heavy atom. The van der Waals surface area contributed by atoms with E-state index in [9.17, 15) is 26.3 Å². The largest absolute Gasteiger partial charge is 0.490 e. The molecule has 1 unspecified atom stereocenters. The second kappa shape index (κ2) is 14.8. The monoisotopic (exact) mass is 575 g/mol. The van der Waals surface area contributed by atoms with Gasteiger partial charge in [0, 0.05) is 32.1 Å². The number of alkyl halides is 6. The summed E-state index contributed by atoms with van der Waals surface area (Å²) in [5.41, 5.74) is 2.30. The van der Waals surface area contributed by atoms with Crippen LogP contribution in [0, 0.1) is 6.92 Å². The van der Waals surface area contributed by atoms with E-state index in [1.165, 1.54) is 5.69 Å². The van der Waals surface area contributed by atoms with E-state index in [1.807, 2.05) is 17.7 Å². The van der Waals surface area contributed by atoms with Gasteiger partial charge in [-0.25, -0.2) is 14.3 Å². The van der Waals surface area contributed by atoms with Crippen molar-refractivity contribution in [2.75, 3.05) is 40.4 Å². The first-order valence-corrected chi connectivity index (χ1v) is 11.5. The Morgan fingerprint density at radius 1 is 1.13 bits per heavy atom. The summed E-state index contributed by atoms with van der Waals surface area (Å²) in [6.45, 7) is 9.83. The molecule has 0 amide bonds. The van der Waals surface area contributed by atoms with E-state index in [4.69, 9.17) is 29.0 Å². The van der Waals surface area contributed by atoms with Crippen molar-refractivity contribution in [2.24, 2.45) is 0 Å². The molecule has 2 aromatic rings. The van der Waals surface area contributed by atoms with Crippen molar-refractivity contribution in [3.8, 4) is 0 Å². The highest BCUT2D eigenvalue weighted by atomic mass is 19.4. The maximum atomic E-state index is 10.6. The summed E-state index contributed by atoms with van der Waals surface area (Å²) in [4.78, 5) is 22.3. The van der Waals surface area contributed by atoms with Crippen molar-refractivity contribution in [3.63, 3.8) is 0 Å². The minimum atomic E-state index is -5.08. The molecule has 3 heterocycles. The van der Waals surface area contributed by atoms with Crippen molar-refractivity contribution in [1.29, 1.82) is 0 Å². The zero-order chi connectivity index (χ0) is 30.0. The van der Waals surface area contributed by atoms with Crippen molar-refractivity contribution in [1.82, 2.24) is 24.8 Å². The molecule has 11 nitrogen and oxygen atoms in total. The van der Waals surface area contributed by atoms with Crippen LogP contribution in [0.2, 0.25) is 0 Å². The fourth-order valence-electron chi connectivity index (χ4n) is 3.34. The topological polar surface area (TPSA) is 134 Å². The number of carbonyl (C=O) groups is 2. The third kappa shape index (κ3) is 12.0. The first-order valence-electron chi connectivity index (χ1n) is 11.5. The molecular weight excluding hydrogens is 544 g/mol. The lowest BCUT2D eigenvalue weighted by Gasteiger charge is -2.31. The maximum absolute atomic E-state index is 10.6. The molecule has 222 valence electrons. The smallest absolute Gasteiger partial charge is 0.475 e. The van der Waals surface area contributed by atoms with Crippen LogP contribution in [0.5, 0.6) is 0 Å². The molecule has 39 heavy (non-hydrogen) atoms. The predicted molar refractivity (Wildman–Crippen MR) is 123 cm³/mol. The third-order valence-electron chi connectivity index (χ3n) is 5.05. The first-order chi connectivity index (χ1) is 17.9. The molecule has 1 aliphatic heterocycles. The van der Waals surface area contributed by atoms with E-state index in [-0.39, 0.29) is 5.92 Å². The lowest BCUT2D eigenvalue weighted by atomic mass is 9.98. The van der Waals surface area contributed by atoms with Gasteiger partial charge >= 0.3 is 24.3 Å². The van der Waals surface area contributed by atoms with Crippen LogP contribution in [0.3, 0.4) is 0 Å². The molecule has 0 saturated carbocycles. The number of furan rings is 1. The molecule has 2 aromatic heterocycles. The molecular formula is C22H31F6N5O6. The van der Waals surface area contributed by atoms with Gasteiger partial charge in [0.25, 0.3) is 0 Å². The molecule has 0 saturated heterocycles. The van der Waals surface area contributed by atoms with Crippen molar-refractivity contribution >= 4 is 11.9 Å². The summed E-state index contributed by atoms with van der Waals surface area (Å²) in [5.74, 6) is -3.28. The minimum Gasteiger partial charge on any atom is -0.475 e. The summed E-state index contributed by atoms with van der Waals surface area (Å²) in [6, 6.07) is 4.07. The molecule has 0 fully saturated rings. The van der Waals surface area contributed by atoms with Crippen LogP contribution in [0.15, 0.2) is 16.5 Å². The quantitative estimate of drug-likeness (QED) is 0.357. The molecule has 0 radical (unpaired) electrons. The number of aryl methyl sites for hydroxylation is 2. The normalized spacial score (nSPS) is 15.6. The molecule has 0 aliphatic carbocycles. The number of aliphatic carboxylic acids is 2. The van der Waals surface area contributed by atoms with Crippen LogP contribution in [-0.2, 0) is 34.0 Å². The summed E-state index contributed by atoms with van der Waals surface area (Å²) in [7, 11) is 4.12. The van der Waals surface area contributed by atoms with E-state index >= 15 is 0 Å². The first kappa shape index (κ1) is 33.8. The van der Waals surface area contributed by atoms with E-state index < -0.39 is 24.3 Å². The van der Waals surface area contributed by atoms with Crippen LogP contribution in [0.25, 0.3) is 0 Å². The predicted octanol–water partition coefficient (Wildman–Crippen LogP) is 3.14. The van der Waals surface area contributed by atoms with Gasteiger partial charge in [-0.2, -0.15) is 26.3 Å². The van der Waals surface area contributed by atoms with E-state index in [0.29, 0.717) is 6.61 Å². The average molecular weight is 576 g/mol. The Balaban J connectivity index is 0.000000449. The van der Waals surface area contributed by atoms with Gasteiger partial charge in [-0.05, 0) is 40.1 Å². The third-order valence-corrected chi connectivity index (χ3v) is 5.05. The number of carboxylic acid groups (broad SMARTS) is 2. The number of fused-ring (bicyclic) bond motifs is 1. The number of nitrogens with zero attached hydrogens (tertiary/aromatic N) is 5. The Morgan fingerprint density at radius 3 is 2.13 bits per heavy atom. The Kier molecular flexibility index (Phi) is 12.9. The van der Waals surface area contributed by atoms with Crippen LogP contribution >= 0.6 is 0 Å². The molecule has 1 atom stereocenters. The van der Waals surface area contributed by atoms with Crippen LogP contribution < -0.4 is 0 Å². The van der Waals surface area contributed by atoms with Crippen molar-refractivity contribution in [3.05, 3.63) is 35.0 Å². The fraction of sp³-hybridized carbons (Fsp3) is 0.636. The van der Waals surface area contributed by atoms with Gasteiger partial charge in [-0.1, -0.05) is 5.21 Å². The van der Waals surface area contributed by atoms with Gasteiger partial charge in [-0.3, -0.25) is 4.90 Å². The minimum absolute atomic E-state index is 0.289. The van der Waals surface area contributed by atoms with E-state index in [0.717, 1.165) is 56.5 Å². The van der Waals surface area contributed by atoms with Crippen LogP contribution in [-0.4, -0.2) is 99.7 Å². The Hall–Kier alpha value is -3.18. The highest BCUT2D eigenvalue weighted by Crippen LogP contribution is 2.28. The number of carboxylic acids is 2. The molecule has 3 rings (SSSR count). The number of halogens is 6. The van der Waals surface area contributed by atoms with E-state index in [1.54, 1.807) is 0 Å². The number of rotatable bonds is 8. The van der Waals surface area contributed by atoms with Gasteiger partial charge in [0.05, 0.1) is 25.5 Å². The molecule has 0 spiro atoms. The maximum Gasteiger partial charge on any atom is 0.490 e. The number of hydrogen-bond donors (Lipinski definition) is 2. The molecule has 1 aliphatic rings. The summed E-state index contributed by atoms with van der Waals surface area (Å²) >= 11 is 0. The van der Waals surface area contributed by atoms with Gasteiger partial charge in [0.2, 0.25) is 0 Å². The Bertz CT molecular complexity index is 1030. The standard InChI is InChI=1S/C18H29N5O2.2C2HF3O2/c1-5-23-18-15(13-24-9-8-21(3)4)10-22(12-17(18)19-20-23)11-16-7-6-14(2)25-16;2*3-2(4,5)1(6)7/h6-7,15H,5,8-13H2,1-4H3;2*(H,6,7). The van der Waals surface area contributed by atoms with E-state index in [2.05, 4.69) is 47.2 Å². The lowest BCUT2D eigenvalue weighted by Crippen LogP contribution is -2.36.